The number of carbonyl (C=O) groups is 1. The Morgan fingerprint density at radius 3 is 2.70 bits per heavy atom. The second-order valence-corrected chi connectivity index (χ2v) is 8.93. The predicted molar refractivity (Wildman–Crippen MR) is 122 cm³/mol. The third-order valence-corrected chi connectivity index (χ3v) is 6.94. The summed E-state index contributed by atoms with van der Waals surface area (Å²) in [4.78, 5) is 13.3. The molecule has 4 rings (SSSR count). The van der Waals surface area contributed by atoms with E-state index in [0.717, 1.165) is 32.9 Å². The fourth-order valence-electron chi connectivity index (χ4n) is 3.28. The highest BCUT2D eigenvalue weighted by Gasteiger charge is 2.37. The van der Waals surface area contributed by atoms with Gasteiger partial charge in [0.25, 0.3) is 0 Å². The van der Waals surface area contributed by atoms with E-state index in [9.17, 15) is 4.79 Å². The van der Waals surface area contributed by atoms with Gasteiger partial charge < -0.3 is 15.5 Å². The van der Waals surface area contributed by atoms with Crippen LogP contribution in [0.1, 0.15) is 29.9 Å². The number of rotatable bonds is 5. The minimum absolute atomic E-state index is 0.0972. The zero-order valence-electron chi connectivity index (χ0n) is 16.8. The first-order valence-electron chi connectivity index (χ1n) is 9.61. The maximum absolute atomic E-state index is 13.3. The number of nitrogens with zero attached hydrogens (tertiary/aromatic N) is 3. The van der Waals surface area contributed by atoms with E-state index < -0.39 is 5.25 Å². The predicted octanol–water partition coefficient (Wildman–Crippen LogP) is 4.45. The monoisotopic (exact) mass is 487 g/mol. The van der Waals surface area contributed by atoms with Gasteiger partial charge in [-0.15, -0.1) is 10.2 Å². The summed E-state index contributed by atoms with van der Waals surface area (Å²) in [5.74, 6) is 1.45. The molecular formula is C21H22BrN5O2S. The van der Waals surface area contributed by atoms with Gasteiger partial charge in [-0.3, -0.25) is 4.79 Å². The summed E-state index contributed by atoms with van der Waals surface area (Å²) in [7, 11) is 0. The van der Waals surface area contributed by atoms with E-state index in [1.54, 1.807) is 0 Å². The van der Waals surface area contributed by atoms with Crippen molar-refractivity contribution in [2.24, 2.45) is 0 Å². The van der Waals surface area contributed by atoms with E-state index in [2.05, 4.69) is 36.9 Å². The van der Waals surface area contributed by atoms with Crippen molar-refractivity contribution in [2.75, 3.05) is 17.3 Å². The van der Waals surface area contributed by atoms with Crippen LogP contribution < -0.4 is 15.5 Å². The zero-order chi connectivity index (χ0) is 21.3. The highest BCUT2D eigenvalue weighted by molar-refractivity contribution is 9.10. The van der Waals surface area contributed by atoms with E-state index in [1.807, 2.05) is 67.9 Å². The first kappa shape index (κ1) is 20.7. The van der Waals surface area contributed by atoms with E-state index in [4.69, 9.17) is 4.74 Å². The van der Waals surface area contributed by atoms with Crippen molar-refractivity contribution in [3.8, 4) is 5.75 Å². The molecule has 2 atom stereocenters. The molecule has 1 amide bonds. The van der Waals surface area contributed by atoms with Gasteiger partial charge in [0.15, 0.2) is 0 Å². The minimum Gasteiger partial charge on any atom is -0.494 e. The summed E-state index contributed by atoms with van der Waals surface area (Å²) < 4.78 is 8.39. The molecule has 1 aliphatic heterocycles. The van der Waals surface area contributed by atoms with Crippen molar-refractivity contribution in [1.82, 2.24) is 14.9 Å². The molecule has 2 N–H and O–H groups in total. The van der Waals surface area contributed by atoms with Gasteiger partial charge in [-0.1, -0.05) is 39.8 Å². The second-order valence-electron chi connectivity index (χ2n) is 6.97. The van der Waals surface area contributed by atoms with Crippen molar-refractivity contribution < 1.29 is 9.53 Å². The van der Waals surface area contributed by atoms with Crippen LogP contribution in [0.25, 0.3) is 0 Å². The molecule has 2 aromatic carbocycles. The molecule has 30 heavy (non-hydrogen) atoms. The third-order valence-electron chi connectivity index (χ3n) is 4.83. The number of hydrogen-bond donors (Lipinski definition) is 2. The SMILES string of the molecule is CCOc1ccc(C2Nn3c(C)nnc3SC2C(=O)Nc2ccc(Br)c(C)c2)cc1. The second kappa shape index (κ2) is 8.69. The number of ether oxygens (including phenoxy) is 1. The summed E-state index contributed by atoms with van der Waals surface area (Å²) in [6.07, 6.45) is 0. The number of thioether (sulfide) groups is 1. The maximum Gasteiger partial charge on any atom is 0.240 e. The first-order valence-corrected chi connectivity index (χ1v) is 11.3. The number of carbonyl (C=O) groups excluding carboxylic acids is 1. The van der Waals surface area contributed by atoms with Gasteiger partial charge in [0, 0.05) is 10.2 Å². The quantitative estimate of drug-likeness (QED) is 0.552. The summed E-state index contributed by atoms with van der Waals surface area (Å²) in [5.41, 5.74) is 6.21. The smallest absolute Gasteiger partial charge is 0.240 e. The first-order chi connectivity index (χ1) is 14.5. The molecule has 0 radical (unpaired) electrons. The molecule has 0 aliphatic carbocycles. The van der Waals surface area contributed by atoms with E-state index in [-0.39, 0.29) is 11.9 Å². The highest BCUT2D eigenvalue weighted by Crippen LogP contribution is 2.38. The van der Waals surface area contributed by atoms with Crippen molar-refractivity contribution in [2.45, 2.75) is 37.2 Å². The van der Waals surface area contributed by atoms with Gasteiger partial charge in [0.2, 0.25) is 11.1 Å². The Kier molecular flexibility index (Phi) is 6.01. The van der Waals surface area contributed by atoms with Crippen LogP contribution in [-0.4, -0.2) is 32.6 Å². The van der Waals surface area contributed by atoms with Crippen LogP contribution >= 0.6 is 27.7 Å². The number of nitrogens with one attached hydrogen (secondary N) is 2. The lowest BCUT2D eigenvalue weighted by molar-refractivity contribution is -0.116. The van der Waals surface area contributed by atoms with E-state index in [0.29, 0.717) is 11.8 Å². The Bertz CT molecular complexity index is 1070. The van der Waals surface area contributed by atoms with Crippen LogP contribution in [0, 0.1) is 13.8 Å². The molecule has 1 aliphatic rings. The summed E-state index contributed by atoms with van der Waals surface area (Å²) in [5, 5.41) is 11.6. The number of anilines is 1. The van der Waals surface area contributed by atoms with Gasteiger partial charge in [-0.05, 0) is 62.2 Å². The fraction of sp³-hybridized carbons (Fsp3) is 0.286. The number of hydrogen-bond acceptors (Lipinski definition) is 6. The topological polar surface area (TPSA) is 81.1 Å². The molecule has 0 bridgehead atoms. The van der Waals surface area contributed by atoms with Crippen LogP contribution in [-0.2, 0) is 4.79 Å². The molecule has 0 fully saturated rings. The van der Waals surface area contributed by atoms with Crippen molar-refractivity contribution >= 4 is 39.3 Å². The van der Waals surface area contributed by atoms with Crippen LogP contribution in [0.2, 0.25) is 0 Å². The zero-order valence-corrected chi connectivity index (χ0v) is 19.3. The molecule has 2 unspecified atom stereocenters. The number of benzene rings is 2. The molecule has 0 spiro atoms. The van der Waals surface area contributed by atoms with Crippen molar-refractivity contribution in [3.63, 3.8) is 0 Å². The van der Waals surface area contributed by atoms with Crippen LogP contribution in [0.15, 0.2) is 52.1 Å². The average molecular weight is 488 g/mol. The lowest BCUT2D eigenvalue weighted by Gasteiger charge is -2.32. The Labute approximate surface area is 187 Å². The molecule has 9 heteroatoms. The summed E-state index contributed by atoms with van der Waals surface area (Å²) in [6, 6.07) is 13.3. The number of aryl methyl sites for hydroxylation is 2. The number of halogens is 1. The van der Waals surface area contributed by atoms with Crippen LogP contribution in [0.3, 0.4) is 0 Å². The fourth-order valence-corrected chi connectivity index (χ4v) is 4.66. The van der Waals surface area contributed by atoms with Crippen LogP contribution in [0.5, 0.6) is 5.75 Å². The van der Waals surface area contributed by atoms with Crippen LogP contribution in [0.4, 0.5) is 5.69 Å². The molecule has 0 saturated carbocycles. The average Bonchev–Trinajstić information content (AvgIpc) is 3.11. The van der Waals surface area contributed by atoms with E-state index in [1.165, 1.54) is 11.8 Å². The molecule has 0 saturated heterocycles. The van der Waals surface area contributed by atoms with Gasteiger partial charge in [0.1, 0.15) is 16.8 Å². The Hall–Kier alpha value is -2.52. The largest absolute Gasteiger partial charge is 0.494 e. The third kappa shape index (κ3) is 4.17. The van der Waals surface area contributed by atoms with E-state index >= 15 is 0 Å². The number of aromatic nitrogens is 3. The maximum atomic E-state index is 13.3. The lowest BCUT2D eigenvalue weighted by Crippen LogP contribution is -2.41. The summed E-state index contributed by atoms with van der Waals surface area (Å²) in [6.45, 7) is 6.43. The van der Waals surface area contributed by atoms with Gasteiger partial charge in [-0.2, -0.15) is 0 Å². The Morgan fingerprint density at radius 1 is 1.23 bits per heavy atom. The normalized spacial score (nSPS) is 17.7. The molecule has 1 aromatic heterocycles. The minimum atomic E-state index is -0.428. The highest BCUT2D eigenvalue weighted by atomic mass is 79.9. The molecule has 156 valence electrons. The summed E-state index contributed by atoms with van der Waals surface area (Å²) >= 11 is 4.90. The van der Waals surface area contributed by atoms with Gasteiger partial charge in [-0.25, -0.2) is 4.68 Å². The van der Waals surface area contributed by atoms with Gasteiger partial charge >= 0.3 is 0 Å². The molecule has 3 aromatic rings. The van der Waals surface area contributed by atoms with Crippen molar-refractivity contribution in [1.29, 1.82) is 0 Å². The Balaban J connectivity index is 1.63. The lowest BCUT2D eigenvalue weighted by atomic mass is 10.0. The van der Waals surface area contributed by atoms with Crippen molar-refractivity contribution in [3.05, 3.63) is 63.9 Å². The van der Waals surface area contributed by atoms with Gasteiger partial charge in [0.05, 0.1) is 12.6 Å². The number of amides is 1. The molecular weight excluding hydrogens is 466 g/mol. The standard InChI is InChI=1S/C21H22BrN5O2S/c1-4-29-16-8-5-14(6-9-16)18-19(30-21-25-24-13(3)27(21)26-18)20(28)23-15-7-10-17(22)12(2)11-15/h5-11,18-19,26H,4H2,1-3H3,(H,23,28). The molecule has 2 heterocycles. The Morgan fingerprint density at radius 2 is 2.00 bits per heavy atom. The molecule has 7 nitrogen and oxygen atoms in total. The number of fused-ring (bicyclic) bond motifs is 1.